The second-order valence-electron chi connectivity index (χ2n) is 7.38. The van der Waals surface area contributed by atoms with Crippen molar-refractivity contribution in [3.63, 3.8) is 0 Å². The van der Waals surface area contributed by atoms with E-state index in [1.54, 1.807) is 30.0 Å². The van der Waals surface area contributed by atoms with Crippen LogP contribution in [0.5, 0.6) is 0 Å². The first-order valence-electron chi connectivity index (χ1n) is 9.81. The second-order valence-corrected chi connectivity index (χ2v) is 8.19. The molecular weight excluding hydrogens is 407 g/mol. The van der Waals surface area contributed by atoms with Crippen LogP contribution in [0.25, 0.3) is 0 Å². The summed E-state index contributed by atoms with van der Waals surface area (Å²) in [7, 11) is 0. The number of hydrogen-bond donors (Lipinski definition) is 1. The van der Waals surface area contributed by atoms with Gasteiger partial charge >= 0.3 is 0 Å². The van der Waals surface area contributed by atoms with E-state index >= 15 is 0 Å². The topological polar surface area (TPSA) is 49.4 Å². The number of benzene rings is 2. The molecule has 2 aromatic carbocycles. The smallest absolute Gasteiger partial charge is 0.242 e. The van der Waals surface area contributed by atoms with Gasteiger partial charge in [0, 0.05) is 22.6 Å². The molecule has 0 fully saturated rings. The quantitative estimate of drug-likeness (QED) is 0.622. The van der Waals surface area contributed by atoms with Gasteiger partial charge in [-0.2, -0.15) is 0 Å². The Morgan fingerprint density at radius 2 is 1.62 bits per heavy atom. The van der Waals surface area contributed by atoms with Crippen LogP contribution in [-0.4, -0.2) is 28.8 Å². The first kappa shape index (κ1) is 23.2. The standard InChI is InChI=1S/C23H28Cl2N2O2/c1-5-16(3)26-23(29)17(4)27(14-18-11-9-15(2)10-12-18)22(28)13-19-20(24)7-6-8-21(19)25/h6-12,16-17H,5,13-14H2,1-4H3,(H,26,29)/t16-,17+/m0/s1. The van der Waals surface area contributed by atoms with Gasteiger partial charge in [0.2, 0.25) is 11.8 Å². The van der Waals surface area contributed by atoms with Crippen LogP contribution in [0, 0.1) is 6.92 Å². The minimum Gasteiger partial charge on any atom is -0.352 e. The van der Waals surface area contributed by atoms with Gasteiger partial charge in [-0.3, -0.25) is 9.59 Å². The van der Waals surface area contributed by atoms with Crippen LogP contribution in [-0.2, 0) is 22.6 Å². The van der Waals surface area contributed by atoms with Crippen LogP contribution in [0.3, 0.4) is 0 Å². The van der Waals surface area contributed by atoms with Crippen LogP contribution in [0.2, 0.25) is 10.0 Å². The van der Waals surface area contributed by atoms with Gasteiger partial charge in [0.25, 0.3) is 0 Å². The Hall–Kier alpha value is -2.04. The Kier molecular flexibility index (Phi) is 8.54. The normalized spacial score (nSPS) is 12.9. The number of carbonyl (C=O) groups is 2. The minimum atomic E-state index is -0.626. The molecule has 0 heterocycles. The van der Waals surface area contributed by atoms with Crippen molar-refractivity contribution in [2.75, 3.05) is 0 Å². The average molecular weight is 435 g/mol. The molecule has 0 spiro atoms. The predicted molar refractivity (Wildman–Crippen MR) is 119 cm³/mol. The van der Waals surface area contributed by atoms with Gasteiger partial charge in [-0.15, -0.1) is 0 Å². The lowest BCUT2D eigenvalue weighted by Gasteiger charge is -2.30. The zero-order valence-corrected chi connectivity index (χ0v) is 18.8. The molecule has 2 rings (SSSR count). The van der Waals surface area contributed by atoms with Crippen molar-refractivity contribution in [2.45, 2.75) is 59.2 Å². The van der Waals surface area contributed by atoms with Crippen molar-refractivity contribution in [2.24, 2.45) is 0 Å². The largest absolute Gasteiger partial charge is 0.352 e. The van der Waals surface area contributed by atoms with Crippen molar-refractivity contribution < 1.29 is 9.59 Å². The van der Waals surface area contributed by atoms with Gasteiger partial charge in [-0.05, 0) is 50.5 Å². The van der Waals surface area contributed by atoms with E-state index in [9.17, 15) is 9.59 Å². The van der Waals surface area contributed by atoms with Crippen molar-refractivity contribution >= 4 is 35.0 Å². The van der Waals surface area contributed by atoms with Gasteiger partial charge in [0.05, 0.1) is 6.42 Å². The van der Waals surface area contributed by atoms with Crippen molar-refractivity contribution in [1.29, 1.82) is 0 Å². The Balaban J connectivity index is 2.28. The number of nitrogens with one attached hydrogen (secondary N) is 1. The fourth-order valence-electron chi connectivity index (χ4n) is 2.89. The van der Waals surface area contributed by atoms with Crippen LogP contribution in [0.4, 0.5) is 0 Å². The molecule has 0 unspecified atom stereocenters. The van der Waals surface area contributed by atoms with E-state index in [4.69, 9.17) is 23.2 Å². The molecule has 6 heteroatoms. The fraction of sp³-hybridized carbons (Fsp3) is 0.391. The molecule has 0 aliphatic carbocycles. The summed E-state index contributed by atoms with van der Waals surface area (Å²) >= 11 is 12.5. The average Bonchev–Trinajstić information content (AvgIpc) is 2.69. The molecule has 29 heavy (non-hydrogen) atoms. The van der Waals surface area contributed by atoms with Gasteiger partial charge in [0.1, 0.15) is 6.04 Å². The SMILES string of the molecule is CC[C@H](C)NC(=O)[C@@H](C)N(Cc1ccc(C)cc1)C(=O)Cc1c(Cl)cccc1Cl. The van der Waals surface area contributed by atoms with Gasteiger partial charge in [0.15, 0.2) is 0 Å². The summed E-state index contributed by atoms with van der Waals surface area (Å²) in [6.45, 7) is 8.03. The lowest BCUT2D eigenvalue weighted by Crippen LogP contribution is -2.49. The number of amides is 2. The van der Waals surface area contributed by atoms with Crippen molar-refractivity contribution in [3.8, 4) is 0 Å². The molecule has 0 bridgehead atoms. The summed E-state index contributed by atoms with van der Waals surface area (Å²) in [5.41, 5.74) is 2.67. The van der Waals surface area contributed by atoms with E-state index in [2.05, 4.69) is 5.32 Å². The predicted octanol–water partition coefficient (Wildman–Crippen LogP) is 5.18. The van der Waals surface area contributed by atoms with Crippen molar-refractivity contribution in [3.05, 3.63) is 69.2 Å². The number of hydrogen-bond acceptors (Lipinski definition) is 2. The zero-order valence-electron chi connectivity index (χ0n) is 17.3. The van der Waals surface area contributed by atoms with Crippen LogP contribution >= 0.6 is 23.2 Å². The molecule has 1 N–H and O–H groups in total. The van der Waals surface area contributed by atoms with E-state index in [1.807, 2.05) is 45.0 Å². The first-order chi connectivity index (χ1) is 13.7. The summed E-state index contributed by atoms with van der Waals surface area (Å²) in [5, 5.41) is 3.85. The third-order valence-electron chi connectivity index (χ3n) is 5.03. The molecule has 2 atom stereocenters. The highest BCUT2D eigenvalue weighted by molar-refractivity contribution is 6.36. The van der Waals surface area contributed by atoms with E-state index < -0.39 is 6.04 Å². The molecule has 0 radical (unpaired) electrons. The number of rotatable bonds is 8. The molecule has 2 aromatic rings. The number of carbonyl (C=O) groups excluding carboxylic acids is 2. The van der Waals surface area contributed by atoms with Gasteiger partial charge in [-0.1, -0.05) is 66.0 Å². The molecule has 0 aliphatic heterocycles. The first-order valence-corrected chi connectivity index (χ1v) is 10.6. The van der Waals surface area contributed by atoms with Crippen LogP contribution in [0.1, 0.15) is 43.9 Å². The van der Waals surface area contributed by atoms with Crippen LogP contribution < -0.4 is 5.32 Å². The molecule has 2 amide bonds. The summed E-state index contributed by atoms with van der Waals surface area (Å²) in [4.78, 5) is 27.5. The number of nitrogens with zero attached hydrogens (tertiary/aromatic N) is 1. The highest BCUT2D eigenvalue weighted by Crippen LogP contribution is 2.26. The molecule has 0 saturated heterocycles. The molecule has 4 nitrogen and oxygen atoms in total. The van der Waals surface area contributed by atoms with E-state index in [0.717, 1.165) is 17.5 Å². The highest BCUT2D eigenvalue weighted by atomic mass is 35.5. The lowest BCUT2D eigenvalue weighted by molar-refractivity contribution is -0.140. The van der Waals surface area contributed by atoms with E-state index in [0.29, 0.717) is 22.2 Å². The number of halogens is 2. The number of aryl methyl sites for hydroxylation is 1. The maximum atomic E-state index is 13.2. The highest BCUT2D eigenvalue weighted by Gasteiger charge is 2.27. The third kappa shape index (κ3) is 6.48. The van der Waals surface area contributed by atoms with Gasteiger partial charge in [-0.25, -0.2) is 0 Å². The summed E-state index contributed by atoms with van der Waals surface area (Å²) in [5.74, 6) is -0.377. The maximum absolute atomic E-state index is 13.2. The fourth-order valence-corrected chi connectivity index (χ4v) is 3.42. The summed E-state index contributed by atoms with van der Waals surface area (Å²) < 4.78 is 0. The Labute approximate surface area is 183 Å². The van der Waals surface area contributed by atoms with Crippen molar-refractivity contribution in [1.82, 2.24) is 10.2 Å². The molecule has 0 saturated carbocycles. The Morgan fingerprint density at radius 3 is 2.17 bits per heavy atom. The summed E-state index contributed by atoms with van der Waals surface area (Å²) in [6.07, 6.45) is 0.852. The molecule has 0 aromatic heterocycles. The zero-order chi connectivity index (χ0) is 21.6. The van der Waals surface area contributed by atoms with E-state index in [1.165, 1.54) is 0 Å². The van der Waals surface area contributed by atoms with Crippen LogP contribution in [0.15, 0.2) is 42.5 Å². The maximum Gasteiger partial charge on any atom is 0.242 e. The summed E-state index contributed by atoms with van der Waals surface area (Å²) in [6, 6.07) is 12.5. The molecule has 156 valence electrons. The minimum absolute atomic E-state index is 0.0331. The second kappa shape index (κ2) is 10.7. The molecular formula is C23H28Cl2N2O2. The Morgan fingerprint density at radius 1 is 1.03 bits per heavy atom. The monoisotopic (exact) mass is 434 g/mol. The Bertz CT molecular complexity index is 832. The van der Waals surface area contributed by atoms with E-state index in [-0.39, 0.29) is 24.3 Å². The molecule has 0 aliphatic rings. The van der Waals surface area contributed by atoms with Gasteiger partial charge < -0.3 is 10.2 Å². The lowest BCUT2D eigenvalue weighted by atomic mass is 10.1. The third-order valence-corrected chi connectivity index (χ3v) is 5.74.